The Labute approximate surface area is 184 Å². The van der Waals surface area contributed by atoms with Gasteiger partial charge in [-0.15, -0.1) is 0 Å². The summed E-state index contributed by atoms with van der Waals surface area (Å²) in [5.41, 5.74) is 8.65. The highest BCUT2D eigenvalue weighted by atomic mass is 14.9. The van der Waals surface area contributed by atoms with Gasteiger partial charge in [-0.3, -0.25) is 9.98 Å². The summed E-state index contributed by atoms with van der Waals surface area (Å²) in [5, 5.41) is 0. The summed E-state index contributed by atoms with van der Waals surface area (Å²) in [5.74, 6) is 0.801. The van der Waals surface area contributed by atoms with E-state index in [2.05, 4.69) is 50.9 Å². The average Bonchev–Trinajstić information content (AvgIpc) is 2.78. The molecule has 0 aliphatic carbocycles. The highest BCUT2D eigenvalue weighted by molar-refractivity contribution is 5.99. The van der Waals surface area contributed by atoms with Crippen molar-refractivity contribution >= 4 is 22.4 Å². The molecule has 0 aliphatic rings. The number of aromatic nitrogens is 3. The van der Waals surface area contributed by atoms with Gasteiger partial charge in [-0.2, -0.15) is 0 Å². The molecule has 0 unspecified atom stereocenters. The predicted octanol–water partition coefficient (Wildman–Crippen LogP) is 7.08. The van der Waals surface area contributed by atoms with E-state index in [4.69, 9.17) is 15.0 Å². The molecule has 156 valence electrons. The van der Waals surface area contributed by atoms with Crippen LogP contribution in [-0.2, 0) is 0 Å². The third-order valence-corrected chi connectivity index (χ3v) is 5.45. The summed E-state index contributed by atoms with van der Waals surface area (Å²) < 4.78 is 0. The van der Waals surface area contributed by atoms with Crippen molar-refractivity contribution in [3.05, 3.63) is 83.7 Å². The van der Waals surface area contributed by atoms with Gasteiger partial charge in [0.1, 0.15) is 5.69 Å². The van der Waals surface area contributed by atoms with Gasteiger partial charge in [-0.25, -0.2) is 9.97 Å². The number of nitrogens with zero attached hydrogens (tertiary/aromatic N) is 4. The zero-order valence-corrected chi connectivity index (χ0v) is 18.8. The smallest absolute Gasteiger partial charge is 0.108 e. The molecule has 4 aromatic rings. The van der Waals surface area contributed by atoms with Crippen LogP contribution < -0.4 is 0 Å². The maximum absolute atomic E-state index is 5.07. The molecule has 0 bridgehead atoms. The zero-order valence-electron chi connectivity index (χ0n) is 18.8. The number of para-hydroxylation sites is 3. The molecule has 0 atom stereocenters. The highest BCUT2D eigenvalue weighted by Crippen LogP contribution is 2.35. The summed E-state index contributed by atoms with van der Waals surface area (Å²) in [6.07, 6.45) is 1.78. The van der Waals surface area contributed by atoms with Crippen LogP contribution in [0.15, 0.2) is 71.9 Å². The fourth-order valence-electron chi connectivity index (χ4n) is 3.73. The van der Waals surface area contributed by atoms with Crippen LogP contribution in [0.5, 0.6) is 0 Å². The fraction of sp³-hybridized carbons (Fsp3) is 0.259. The minimum Gasteiger partial charge on any atom is -0.252 e. The molecule has 0 radical (unpaired) electrons. The highest BCUT2D eigenvalue weighted by Gasteiger charge is 2.14. The Kier molecular flexibility index (Phi) is 5.90. The molecule has 31 heavy (non-hydrogen) atoms. The molecule has 0 spiro atoms. The van der Waals surface area contributed by atoms with Gasteiger partial charge in [0.05, 0.1) is 40.0 Å². The van der Waals surface area contributed by atoms with E-state index in [0.717, 1.165) is 39.5 Å². The normalized spacial score (nSPS) is 12.2. The van der Waals surface area contributed by atoms with Crippen molar-refractivity contribution in [2.24, 2.45) is 4.99 Å². The van der Waals surface area contributed by atoms with E-state index < -0.39 is 0 Å². The molecular weight excluding hydrogens is 380 g/mol. The van der Waals surface area contributed by atoms with E-state index in [1.807, 2.05) is 49.4 Å². The Balaban J connectivity index is 1.77. The average molecular weight is 409 g/mol. The largest absolute Gasteiger partial charge is 0.252 e. The molecule has 0 N–H and O–H groups in total. The Bertz CT molecular complexity index is 1230. The van der Waals surface area contributed by atoms with Gasteiger partial charge < -0.3 is 0 Å². The van der Waals surface area contributed by atoms with Gasteiger partial charge in [0, 0.05) is 0 Å². The fourth-order valence-corrected chi connectivity index (χ4v) is 3.73. The molecule has 0 amide bonds. The van der Waals surface area contributed by atoms with Crippen LogP contribution in [0.4, 0.5) is 5.69 Å². The summed E-state index contributed by atoms with van der Waals surface area (Å²) in [7, 11) is 0. The Hall–Kier alpha value is -3.40. The summed E-state index contributed by atoms with van der Waals surface area (Å²) in [6, 6.07) is 20.3. The van der Waals surface area contributed by atoms with Gasteiger partial charge >= 0.3 is 0 Å². The van der Waals surface area contributed by atoms with E-state index in [9.17, 15) is 0 Å². The first kappa shape index (κ1) is 20.9. The van der Waals surface area contributed by atoms with E-state index in [1.54, 1.807) is 6.20 Å². The topological polar surface area (TPSA) is 51.0 Å². The molecular formula is C27H28N4. The lowest BCUT2D eigenvalue weighted by Crippen LogP contribution is -2.02. The molecule has 2 aromatic heterocycles. The van der Waals surface area contributed by atoms with Crippen LogP contribution >= 0.6 is 0 Å². The number of fused-ring (bicyclic) bond motifs is 1. The van der Waals surface area contributed by atoms with Crippen LogP contribution in [0, 0.1) is 0 Å². The summed E-state index contributed by atoms with van der Waals surface area (Å²) in [4.78, 5) is 19.2. The number of rotatable bonds is 5. The maximum atomic E-state index is 5.07. The lowest BCUT2D eigenvalue weighted by molar-refractivity contribution is 0.834. The second-order valence-electron chi connectivity index (χ2n) is 8.44. The second-order valence-corrected chi connectivity index (χ2v) is 8.44. The van der Waals surface area contributed by atoms with Gasteiger partial charge in [0.15, 0.2) is 0 Å². The van der Waals surface area contributed by atoms with Crippen LogP contribution in [0.25, 0.3) is 22.4 Å². The van der Waals surface area contributed by atoms with Gasteiger partial charge in [0.25, 0.3) is 0 Å². The van der Waals surface area contributed by atoms with Crippen molar-refractivity contribution in [1.82, 2.24) is 15.0 Å². The molecule has 2 aromatic carbocycles. The monoisotopic (exact) mass is 408 g/mol. The van der Waals surface area contributed by atoms with Crippen molar-refractivity contribution in [3.63, 3.8) is 0 Å². The zero-order chi connectivity index (χ0) is 22.0. The van der Waals surface area contributed by atoms with E-state index in [1.165, 1.54) is 11.1 Å². The van der Waals surface area contributed by atoms with Gasteiger partial charge in [-0.1, -0.05) is 64.1 Å². The predicted molar refractivity (Wildman–Crippen MR) is 129 cm³/mol. The molecule has 0 saturated heterocycles. The maximum Gasteiger partial charge on any atom is 0.108 e. The quantitative estimate of drug-likeness (QED) is 0.332. The molecule has 0 fully saturated rings. The third kappa shape index (κ3) is 4.38. The molecule has 0 aliphatic heterocycles. The van der Waals surface area contributed by atoms with E-state index in [0.29, 0.717) is 11.8 Å². The van der Waals surface area contributed by atoms with Gasteiger partial charge in [0.2, 0.25) is 0 Å². The Morgan fingerprint density at radius 2 is 1.35 bits per heavy atom. The van der Waals surface area contributed by atoms with Crippen LogP contribution in [0.1, 0.15) is 63.3 Å². The van der Waals surface area contributed by atoms with Crippen molar-refractivity contribution in [2.45, 2.75) is 46.5 Å². The SMILES string of the molecule is CC(=Nc1c(C(C)C)cccc1C(C)C)c1cccc(-c2cnc3ccccc3n2)n1. The first-order chi connectivity index (χ1) is 14.9. The Morgan fingerprint density at radius 3 is 2.03 bits per heavy atom. The van der Waals surface area contributed by atoms with Crippen LogP contribution in [0.2, 0.25) is 0 Å². The molecule has 2 heterocycles. The third-order valence-electron chi connectivity index (χ3n) is 5.45. The standard InChI is InChI=1S/C27H28N4/c1-17(2)20-10-8-11-21(18(3)4)27(20)29-19(5)22-14-9-15-25(30-22)26-16-28-23-12-6-7-13-24(23)31-26/h6-18H,1-5H3. The van der Waals surface area contributed by atoms with Crippen molar-refractivity contribution in [1.29, 1.82) is 0 Å². The summed E-state index contributed by atoms with van der Waals surface area (Å²) in [6.45, 7) is 10.9. The van der Waals surface area contributed by atoms with E-state index >= 15 is 0 Å². The molecule has 0 saturated carbocycles. The summed E-state index contributed by atoms with van der Waals surface area (Å²) >= 11 is 0. The second kappa shape index (κ2) is 8.76. The number of hydrogen-bond donors (Lipinski definition) is 0. The molecule has 4 rings (SSSR count). The van der Waals surface area contributed by atoms with Crippen molar-refractivity contribution in [2.75, 3.05) is 0 Å². The first-order valence-corrected chi connectivity index (χ1v) is 10.8. The first-order valence-electron chi connectivity index (χ1n) is 10.8. The Morgan fingerprint density at radius 1 is 0.710 bits per heavy atom. The number of hydrogen-bond acceptors (Lipinski definition) is 4. The van der Waals surface area contributed by atoms with Crippen molar-refractivity contribution < 1.29 is 0 Å². The van der Waals surface area contributed by atoms with E-state index in [-0.39, 0.29) is 0 Å². The lowest BCUT2D eigenvalue weighted by Gasteiger charge is -2.17. The molecule has 4 heteroatoms. The number of benzene rings is 2. The molecule has 4 nitrogen and oxygen atoms in total. The van der Waals surface area contributed by atoms with Crippen LogP contribution in [-0.4, -0.2) is 20.7 Å². The number of pyridine rings is 1. The van der Waals surface area contributed by atoms with Crippen molar-refractivity contribution in [3.8, 4) is 11.4 Å². The minimum absolute atomic E-state index is 0.400. The van der Waals surface area contributed by atoms with Crippen LogP contribution in [0.3, 0.4) is 0 Å². The number of aliphatic imine (C=N–C) groups is 1. The van der Waals surface area contributed by atoms with Gasteiger partial charge in [-0.05, 0) is 54.2 Å². The lowest BCUT2D eigenvalue weighted by atomic mass is 9.93. The minimum atomic E-state index is 0.400.